The highest BCUT2D eigenvalue weighted by molar-refractivity contribution is 5.97. The molecule has 1 saturated heterocycles. The Morgan fingerprint density at radius 1 is 1.06 bits per heavy atom. The first-order valence-electron chi connectivity index (χ1n) is 11.2. The second-order valence-corrected chi connectivity index (χ2v) is 8.39. The van der Waals surface area contributed by atoms with Gasteiger partial charge < -0.3 is 10.1 Å². The van der Waals surface area contributed by atoms with Gasteiger partial charge >= 0.3 is 0 Å². The van der Waals surface area contributed by atoms with Gasteiger partial charge in [0, 0.05) is 43.5 Å². The minimum Gasteiger partial charge on any atom is -0.379 e. The van der Waals surface area contributed by atoms with Gasteiger partial charge in [0.1, 0.15) is 0 Å². The summed E-state index contributed by atoms with van der Waals surface area (Å²) in [4.78, 5) is 19.9. The summed E-state index contributed by atoms with van der Waals surface area (Å²) in [5, 5.41) is 12.7. The topological polar surface area (TPSA) is 78.3 Å². The van der Waals surface area contributed by atoms with E-state index in [0.29, 0.717) is 17.7 Å². The molecular weight excluding hydrogens is 412 g/mol. The average molecular weight is 441 g/mol. The van der Waals surface area contributed by atoms with E-state index in [1.807, 2.05) is 68.6 Å². The zero-order chi connectivity index (χ0) is 23.2. The maximum atomic E-state index is 13.1. The highest BCUT2D eigenvalue weighted by atomic mass is 16.5. The van der Waals surface area contributed by atoms with Gasteiger partial charge in [0.05, 0.1) is 30.5 Å². The number of carbonyl (C=O) groups excluding carboxylic acids is 1. The van der Waals surface area contributed by atoms with Crippen molar-refractivity contribution in [1.29, 1.82) is 5.26 Å². The number of carbonyl (C=O) groups is 1. The van der Waals surface area contributed by atoms with E-state index in [1.165, 1.54) is 0 Å². The van der Waals surface area contributed by atoms with Crippen LogP contribution in [0.2, 0.25) is 0 Å². The molecule has 0 radical (unpaired) electrons. The van der Waals surface area contributed by atoms with Crippen molar-refractivity contribution >= 4 is 5.91 Å². The molecule has 0 atom stereocenters. The fourth-order valence-corrected chi connectivity index (χ4v) is 3.95. The highest BCUT2D eigenvalue weighted by Crippen LogP contribution is 2.30. The van der Waals surface area contributed by atoms with Crippen molar-refractivity contribution in [2.24, 2.45) is 0 Å². The van der Waals surface area contributed by atoms with E-state index in [2.05, 4.69) is 21.3 Å². The van der Waals surface area contributed by atoms with E-state index in [-0.39, 0.29) is 5.91 Å². The fraction of sp³-hybridized carbons (Fsp3) is 0.296. The van der Waals surface area contributed by atoms with E-state index >= 15 is 0 Å². The van der Waals surface area contributed by atoms with Crippen LogP contribution in [-0.2, 0) is 4.74 Å². The van der Waals surface area contributed by atoms with Crippen LogP contribution in [0.4, 0.5) is 0 Å². The van der Waals surface area contributed by atoms with Crippen LogP contribution in [0.5, 0.6) is 0 Å². The number of morpholine rings is 1. The Morgan fingerprint density at radius 3 is 2.55 bits per heavy atom. The molecule has 1 aliphatic rings. The number of ether oxygens (including phenoxy) is 1. The van der Waals surface area contributed by atoms with Gasteiger partial charge in [0.2, 0.25) is 0 Å². The van der Waals surface area contributed by atoms with Crippen LogP contribution in [0, 0.1) is 25.2 Å². The largest absolute Gasteiger partial charge is 0.379 e. The van der Waals surface area contributed by atoms with E-state index in [4.69, 9.17) is 4.74 Å². The Hall–Kier alpha value is -3.53. The summed E-state index contributed by atoms with van der Waals surface area (Å²) < 4.78 is 5.38. The highest BCUT2D eigenvalue weighted by Gasteiger charge is 2.15. The first-order chi connectivity index (χ1) is 16.0. The van der Waals surface area contributed by atoms with Gasteiger partial charge in [-0.2, -0.15) is 5.26 Å². The summed E-state index contributed by atoms with van der Waals surface area (Å²) in [5.41, 5.74) is 6.53. The molecule has 6 nitrogen and oxygen atoms in total. The number of amides is 1. The molecule has 0 saturated carbocycles. The lowest BCUT2D eigenvalue weighted by Gasteiger charge is -2.26. The van der Waals surface area contributed by atoms with Gasteiger partial charge in [-0.15, -0.1) is 0 Å². The molecule has 0 spiro atoms. The lowest BCUT2D eigenvalue weighted by Crippen LogP contribution is -2.41. The van der Waals surface area contributed by atoms with Crippen LogP contribution in [-0.4, -0.2) is 55.2 Å². The molecule has 2 heterocycles. The minimum atomic E-state index is -0.135. The van der Waals surface area contributed by atoms with Crippen LogP contribution in [0.15, 0.2) is 54.7 Å². The Labute approximate surface area is 194 Å². The average Bonchev–Trinajstić information content (AvgIpc) is 2.84. The molecule has 0 aliphatic carbocycles. The molecule has 0 bridgehead atoms. The van der Waals surface area contributed by atoms with E-state index in [9.17, 15) is 10.1 Å². The molecule has 1 N–H and O–H groups in total. The SMILES string of the molecule is Cc1ccc(-c2cc(C(=O)NCCN3CCOCC3)cc(-c3cc(C)ccc3C#N)c2)nc1. The summed E-state index contributed by atoms with van der Waals surface area (Å²) >= 11 is 0. The summed E-state index contributed by atoms with van der Waals surface area (Å²) in [6, 6.07) is 17.7. The van der Waals surface area contributed by atoms with Crippen LogP contribution in [0.3, 0.4) is 0 Å². The summed E-state index contributed by atoms with van der Waals surface area (Å²) in [7, 11) is 0. The van der Waals surface area contributed by atoms with Crippen molar-refractivity contribution in [2.45, 2.75) is 13.8 Å². The number of benzene rings is 2. The third kappa shape index (κ3) is 5.64. The van der Waals surface area contributed by atoms with Gasteiger partial charge in [-0.05, 0) is 60.9 Å². The molecule has 1 fully saturated rings. The summed E-state index contributed by atoms with van der Waals surface area (Å²) in [6.45, 7) is 8.59. The van der Waals surface area contributed by atoms with Crippen molar-refractivity contribution in [3.63, 3.8) is 0 Å². The number of nitrogens with one attached hydrogen (secondary N) is 1. The van der Waals surface area contributed by atoms with Crippen LogP contribution in [0.1, 0.15) is 27.0 Å². The number of aryl methyl sites for hydroxylation is 2. The van der Waals surface area contributed by atoms with Crippen molar-refractivity contribution in [3.05, 3.63) is 77.0 Å². The second kappa shape index (κ2) is 10.4. The number of pyridine rings is 1. The smallest absolute Gasteiger partial charge is 0.251 e. The van der Waals surface area contributed by atoms with E-state index < -0.39 is 0 Å². The van der Waals surface area contributed by atoms with Crippen molar-refractivity contribution < 1.29 is 9.53 Å². The number of nitrogens with zero attached hydrogens (tertiary/aromatic N) is 3. The molecular formula is C27H28N4O2. The number of rotatable bonds is 6. The maximum absolute atomic E-state index is 13.1. The normalized spacial score (nSPS) is 14.0. The maximum Gasteiger partial charge on any atom is 0.251 e. The van der Waals surface area contributed by atoms with Crippen LogP contribution in [0.25, 0.3) is 22.4 Å². The van der Waals surface area contributed by atoms with Crippen molar-refractivity contribution in [3.8, 4) is 28.5 Å². The molecule has 168 valence electrons. The Bertz CT molecular complexity index is 1180. The first-order valence-corrected chi connectivity index (χ1v) is 11.2. The lowest BCUT2D eigenvalue weighted by atomic mass is 9.94. The fourth-order valence-electron chi connectivity index (χ4n) is 3.95. The van der Waals surface area contributed by atoms with Gasteiger partial charge in [-0.25, -0.2) is 0 Å². The van der Waals surface area contributed by atoms with Gasteiger partial charge in [0.15, 0.2) is 0 Å². The quantitative estimate of drug-likeness (QED) is 0.628. The predicted octanol–water partition coefficient (Wildman–Crippen LogP) is 3.97. The second-order valence-electron chi connectivity index (χ2n) is 8.39. The molecule has 3 aromatic rings. The number of nitriles is 1. The Balaban J connectivity index is 1.66. The first kappa shape index (κ1) is 22.7. The zero-order valence-corrected chi connectivity index (χ0v) is 19.1. The Morgan fingerprint density at radius 2 is 1.82 bits per heavy atom. The minimum absolute atomic E-state index is 0.135. The standard InChI is InChI=1S/C27H28N4O2/c1-19-3-5-21(17-28)25(13-19)22-14-23(26-6-4-20(2)18-30-26)16-24(15-22)27(32)29-7-8-31-9-11-33-12-10-31/h3-6,13-16,18H,7-12H2,1-2H3,(H,29,32). The molecule has 6 heteroatoms. The van der Waals surface area contributed by atoms with Crippen molar-refractivity contribution in [1.82, 2.24) is 15.2 Å². The van der Waals surface area contributed by atoms with Crippen LogP contribution >= 0.6 is 0 Å². The van der Waals surface area contributed by atoms with Crippen LogP contribution < -0.4 is 5.32 Å². The van der Waals surface area contributed by atoms with Gasteiger partial charge in [0.25, 0.3) is 5.91 Å². The third-order valence-corrected chi connectivity index (χ3v) is 5.83. The molecule has 33 heavy (non-hydrogen) atoms. The monoisotopic (exact) mass is 440 g/mol. The Kier molecular flexibility index (Phi) is 7.13. The van der Waals surface area contributed by atoms with E-state index in [1.54, 1.807) is 0 Å². The predicted molar refractivity (Wildman–Crippen MR) is 129 cm³/mol. The van der Waals surface area contributed by atoms with Gasteiger partial charge in [-0.3, -0.25) is 14.7 Å². The summed E-state index contributed by atoms with van der Waals surface area (Å²) in [6.07, 6.45) is 1.82. The third-order valence-electron chi connectivity index (χ3n) is 5.83. The molecule has 1 amide bonds. The zero-order valence-electron chi connectivity index (χ0n) is 19.1. The number of hydrogen-bond donors (Lipinski definition) is 1. The molecule has 2 aromatic carbocycles. The molecule has 1 aromatic heterocycles. The van der Waals surface area contributed by atoms with E-state index in [0.717, 1.165) is 66.4 Å². The summed E-state index contributed by atoms with van der Waals surface area (Å²) in [5.74, 6) is -0.135. The molecule has 4 rings (SSSR count). The van der Waals surface area contributed by atoms with Crippen molar-refractivity contribution in [2.75, 3.05) is 39.4 Å². The molecule has 1 aliphatic heterocycles. The number of hydrogen-bond acceptors (Lipinski definition) is 5. The molecule has 0 unspecified atom stereocenters. The lowest BCUT2D eigenvalue weighted by molar-refractivity contribution is 0.0383. The number of aromatic nitrogens is 1. The van der Waals surface area contributed by atoms with Gasteiger partial charge in [-0.1, -0.05) is 23.8 Å².